The zero-order valence-electron chi connectivity index (χ0n) is 10.4. The van der Waals surface area contributed by atoms with Crippen LogP contribution in [-0.4, -0.2) is 26.2 Å². The minimum atomic E-state index is 0.649. The van der Waals surface area contributed by atoms with E-state index in [1.807, 2.05) is 0 Å². The molecule has 2 N–H and O–H groups in total. The molecule has 0 saturated carbocycles. The lowest BCUT2D eigenvalue weighted by molar-refractivity contribution is 0.411. The number of rotatable bonds is 2. The summed E-state index contributed by atoms with van der Waals surface area (Å²) in [5, 5.41) is 0. The summed E-state index contributed by atoms with van der Waals surface area (Å²) in [7, 11) is 1.76. The SMILES string of the molecule is COc1cccc2c1N1CC(CN)CC1CC2. The van der Waals surface area contributed by atoms with Crippen LogP contribution in [0.15, 0.2) is 18.2 Å². The lowest BCUT2D eigenvalue weighted by Gasteiger charge is -2.34. The Bertz CT molecular complexity index is 404. The molecule has 0 spiro atoms. The summed E-state index contributed by atoms with van der Waals surface area (Å²) in [5.74, 6) is 1.67. The van der Waals surface area contributed by atoms with Gasteiger partial charge in [0.1, 0.15) is 5.75 Å². The molecule has 17 heavy (non-hydrogen) atoms. The van der Waals surface area contributed by atoms with Crippen molar-refractivity contribution in [3.63, 3.8) is 0 Å². The van der Waals surface area contributed by atoms with Gasteiger partial charge in [0, 0.05) is 12.6 Å². The first-order valence-electron chi connectivity index (χ1n) is 6.46. The van der Waals surface area contributed by atoms with Crippen LogP contribution in [0.5, 0.6) is 5.75 Å². The van der Waals surface area contributed by atoms with E-state index in [2.05, 4.69) is 23.1 Å². The van der Waals surface area contributed by atoms with Gasteiger partial charge in [0.25, 0.3) is 0 Å². The minimum absolute atomic E-state index is 0.649. The molecule has 0 aliphatic carbocycles. The highest BCUT2D eigenvalue weighted by Gasteiger charge is 2.36. The lowest BCUT2D eigenvalue weighted by Crippen LogP contribution is -2.34. The maximum Gasteiger partial charge on any atom is 0.142 e. The zero-order chi connectivity index (χ0) is 11.8. The number of anilines is 1. The number of methoxy groups -OCH3 is 1. The molecule has 2 heterocycles. The average molecular weight is 232 g/mol. The summed E-state index contributed by atoms with van der Waals surface area (Å²) < 4.78 is 5.52. The van der Waals surface area contributed by atoms with Gasteiger partial charge in [-0.2, -0.15) is 0 Å². The number of benzene rings is 1. The standard InChI is InChI=1S/C14H20N2O/c1-17-13-4-2-3-11-5-6-12-7-10(8-15)9-16(12)14(11)13/h2-4,10,12H,5-9,15H2,1H3. The molecule has 0 aromatic heterocycles. The van der Waals surface area contributed by atoms with Crippen molar-refractivity contribution in [2.24, 2.45) is 11.7 Å². The van der Waals surface area contributed by atoms with Crippen LogP contribution in [0.25, 0.3) is 0 Å². The molecule has 2 aliphatic heterocycles. The van der Waals surface area contributed by atoms with Crippen LogP contribution < -0.4 is 15.4 Å². The van der Waals surface area contributed by atoms with E-state index >= 15 is 0 Å². The van der Waals surface area contributed by atoms with Crippen LogP contribution >= 0.6 is 0 Å². The van der Waals surface area contributed by atoms with Gasteiger partial charge in [0.2, 0.25) is 0 Å². The molecule has 3 heteroatoms. The number of ether oxygens (including phenoxy) is 1. The summed E-state index contributed by atoms with van der Waals surface area (Å²) in [6.07, 6.45) is 3.68. The third-order valence-corrected chi connectivity index (χ3v) is 4.17. The number of hydrogen-bond acceptors (Lipinski definition) is 3. The van der Waals surface area contributed by atoms with E-state index in [0.717, 1.165) is 18.8 Å². The number of nitrogens with two attached hydrogens (primary N) is 1. The van der Waals surface area contributed by atoms with E-state index in [9.17, 15) is 0 Å². The maximum absolute atomic E-state index is 5.82. The summed E-state index contributed by atoms with van der Waals surface area (Å²) >= 11 is 0. The van der Waals surface area contributed by atoms with Crippen molar-refractivity contribution >= 4 is 5.69 Å². The van der Waals surface area contributed by atoms with Gasteiger partial charge >= 0.3 is 0 Å². The largest absolute Gasteiger partial charge is 0.495 e. The van der Waals surface area contributed by atoms with Crippen LogP contribution in [0.3, 0.4) is 0 Å². The fraction of sp³-hybridized carbons (Fsp3) is 0.571. The highest BCUT2D eigenvalue weighted by molar-refractivity contribution is 5.66. The average Bonchev–Trinajstić information content (AvgIpc) is 2.81. The fourth-order valence-electron chi connectivity index (χ4n) is 3.31. The van der Waals surface area contributed by atoms with Crippen molar-refractivity contribution in [3.05, 3.63) is 23.8 Å². The highest BCUT2D eigenvalue weighted by Crippen LogP contribution is 2.43. The Morgan fingerprint density at radius 3 is 3.12 bits per heavy atom. The van der Waals surface area contributed by atoms with Crippen molar-refractivity contribution in [3.8, 4) is 5.75 Å². The highest BCUT2D eigenvalue weighted by atomic mass is 16.5. The number of aryl methyl sites for hydroxylation is 1. The predicted molar refractivity (Wildman–Crippen MR) is 69.6 cm³/mol. The Balaban J connectivity index is 2.00. The van der Waals surface area contributed by atoms with Crippen LogP contribution in [0.4, 0.5) is 5.69 Å². The molecule has 3 nitrogen and oxygen atoms in total. The first kappa shape index (κ1) is 10.9. The zero-order valence-corrected chi connectivity index (χ0v) is 10.4. The van der Waals surface area contributed by atoms with Gasteiger partial charge in [-0.05, 0) is 43.4 Å². The molecule has 92 valence electrons. The molecule has 2 atom stereocenters. The second kappa shape index (κ2) is 4.22. The fourth-order valence-corrected chi connectivity index (χ4v) is 3.31. The van der Waals surface area contributed by atoms with Gasteiger partial charge in [-0.3, -0.25) is 0 Å². The molecular weight excluding hydrogens is 212 g/mol. The minimum Gasteiger partial charge on any atom is -0.495 e. The molecule has 1 aromatic carbocycles. The molecule has 0 amide bonds. The Morgan fingerprint density at radius 1 is 1.47 bits per heavy atom. The van der Waals surface area contributed by atoms with Crippen LogP contribution in [0, 0.1) is 5.92 Å². The van der Waals surface area contributed by atoms with Crippen molar-refractivity contribution in [2.75, 3.05) is 25.1 Å². The first-order valence-corrected chi connectivity index (χ1v) is 6.46. The molecule has 1 aromatic rings. The summed E-state index contributed by atoms with van der Waals surface area (Å²) in [4.78, 5) is 2.52. The van der Waals surface area contributed by atoms with Crippen molar-refractivity contribution in [1.82, 2.24) is 0 Å². The van der Waals surface area contributed by atoms with Crippen LogP contribution in [-0.2, 0) is 6.42 Å². The monoisotopic (exact) mass is 232 g/mol. The molecule has 0 bridgehead atoms. The van der Waals surface area contributed by atoms with E-state index in [4.69, 9.17) is 10.5 Å². The number of hydrogen-bond donors (Lipinski definition) is 1. The molecule has 2 unspecified atom stereocenters. The molecule has 3 rings (SSSR count). The van der Waals surface area contributed by atoms with E-state index in [-0.39, 0.29) is 0 Å². The Labute approximate surface area is 103 Å². The van der Waals surface area contributed by atoms with Crippen LogP contribution in [0.1, 0.15) is 18.4 Å². The maximum atomic E-state index is 5.82. The number of para-hydroxylation sites is 1. The first-order chi connectivity index (χ1) is 8.33. The van der Waals surface area contributed by atoms with E-state index in [1.165, 1.54) is 30.5 Å². The number of nitrogens with zero attached hydrogens (tertiary/aromatic N) is 1. The molecule has 1 saturated heterocycles. The van der Waals surface area contributed by atoms with Crippen molar-refractivity contribution < 1.29 is 4.74 Å². The summed E-state index contributed by atoms with van der Waals surface area (Å²) in [6.45, 7) is 1.89. The molecular formula is C14H20N2O. The van der Waals surface area contributed by atoms with E-state index in [0.29, 0.717) is 12.0 Å². The molecule has 0 radical (unpaired) electrons. The van der Waals surface area contributed by atoms with E-state index in [1.54, 1.807) is 7.11 Å². The van der Waals surface area contributed by atoms with Gasteiger partial charge < -0.3 is 15.4 Å². The number of fused-ring (bicyclic) bond motifs is 3. The van der Waals surface area contributed by atoms with Gasteiger partial charge in [-0.25, -0.2) is 0 Å². The second-order valence-electron chi connectivity index (χ2n) is 5.15. The third-order valence-electron chi connectivity index (χ3n) is 4.17. The summed E-state index contributed by atoms with van der Waals surface area (Å²) in [5.41, 5.74) is 8.57. The molecule has 2 aliphatic rings. The van der Waals surface area contributed by atoms with Gasteiger partial charge in [-0.1, -0.05) is 12.1 Å². The van der Waals surface area contributed by atoms with Gasteiger partial charge in [0.05, 0.1) is 12.8 Å². The van der Waals surface area contributed by atoms with Crippen LogP contribution in [0.2, 0.25) is 0 Å². The Morgan fingerprint density at radius 2 is 2.35 bits per heavy atom. The topological polar surface area (TPSA) is 38.5 Å². The van der Waals surface area contributed by atoms with Crippen molar-refractivity contribution in [2.45, 2.75) is 25.3 Å². The smallest absolute Gasteiger partial charge is 0.142 e. The Hall–Kier alpha value is -1.22. The Kier molecular flexibility index (Phi) is 2.71. The quantitative estimate of drug-likeness (QED) is 0.845. The van der Waals surface area contributed by atoms with Gasteiger partial charge in [-0.15, -0.1) is 0 Å². The van der Waals surface area contributed by atoms with Gasteiger partial charge in [0.15, 0.2) is 0 Å². The lowest BCUT2D eigenvalue weighted by atomic mass is 9.95. The normalized spacial score (nSPS) is 26.6. The third kappa shape index (κ3) is 1.69. The van der Waals surface area contributed by atoms with Crippen molar-refractivity contribution in [1.29, 1.82) is 0 Å². The second-order valence-corrected chi connectivity index (χ2v) is 5.15. The molecule has 1 fully saturated rings. The van der Waals surface area contributed by atoms with E-state index < -0.39 is 0 Å². The summed E-state index contributed by atoms with van der Waals surface area (Å²) in [6, 6.07) is 7.06. The predicted octanol–water partition coefficient (Wildman–Crippen LogP) is 1.79.